The standard InChI is InChI=1S/C17H16BrN5O3S/c1-8-13-15(19)20-7-21-17(13)27-14(8)16(24)23-22-6-9-4-10(18)12(26-3)5-11(9)25-2/h4-7H,1-3H3,(H,23,24)(H2,19,20,21)/b22-6-. The van der Waals surface area contributed by atoms with E-state index < -0.39 is 0 Å². The maximum atomic E-state index is 12.5. The van der Waals surface area contributed by atoms with Crippen LogP contribution in [0.5, 0.6) is 11.5 Å². The number of methoxy groups -OCH3 is 2. The number of aromatic nitrogens is 2. The van der Waals surface area contributed by atoms with Crippen molar-refractivity contribution in [3.8, 4) is 11.5 Å². The van der Waals surface area contributed by atoms with Crippen molar-refractivity contribution < 1.29 is 14.3 Å². The van der Waals surface area contributed by atoms with Crippen molar-refractivity contribution in [3.63, 3.8) is 0 Å². The second kappa shape index (κ2) is 7.89. The Hall–Kier alpha value is -2.72. The fraction of sp³-hybridized carbons (Fsp3) is 0.176. The topological polar surface area (TPSA) is 112 Å². The monoisotopic (exact) mass is 449 g/mol. The van der Waals surface area contributed by atoms with E-state index >= 15 is 0 Å². The zero-order valence-corrected chi connectivity index (χ0v) is 17.1. The average Bonchev–Trinajstić information content (AvgIpc) is 3.00. The summed E-state index contributed by atoms with van der Waals surface area (Å²) in [5.41, 5.74) is 9.80. The summed E-state index contributed by atoms with van der Waals surface area (Å²) < 4.78 is 11.3. The molecule has 0 spiro atoms. The van der Waals surface area contributed by atoms with Crippen LogP contribution in [0.4, 0.5) is 5.82 Å². The van der Waals surface area contributed by atoms with Gasteiger partial charge in [-0.3, -0.25) is 4.79 Å². The van der Waals surface area contributed by atoms with Gasteiger partial charge >= 0.3 is 0 Å². The number of nitrogen functional groups attached to an aromatic ring is 1. The summed E-state index contributed by atoms with van der Waals surface area (Å²) in [4.78, 5) is 21.8. The minimum Gasteiger partial charge on any atom is -0.496 e. The number of nitrogens with one attached hydrogen (secondary N) is 1. The van der Waals surface area contributed by atoms with Gasteiger partial charge in [-0.05, 0) is 34.5 Å². The number of halogens is 1. The molecule has 0 radical (unpaired) electrons. The summed E-state index contributed by atoms with van der Waals surface area (Å²) in [5, 5.41) is 4.72. The lowest BCUT2D eigenvalue weighted by Crippen LogP contribution is -2.17. The number of hydrogen-bond acceptors (Lipinski definition) is 8. The van der Waals surface area contributed by atoms with Crippen LogP contribution in [0, 0.1) is 6.92 Å². The summed E-state index contributed by atoms with van der Waals surface area (Å²) in [6, 6.07) is 3.51. The van der Waals surface area contributed by atoms with Crippen LogP contribution in [-0.2, 0) is 0 Å². The molecule has 2 heterocycles. The first-order valence-electron chi connectivity index (χ1n) is 7.70. The second-order valence-electron chi connectivity index (χ2n) is 5.42. The molecule has 3 N–H and O–H groups in total. The molecule has 0 atom stereocenters. The number of ether oxygens (including phenoxy) is 2. The Morgan fingerprint density at radius 1 is 1.30 bits per heavy atom. The molecule has 3 rings (SSSR count). The highest BCUT2D eigenvalue weighted by Gasteiger charge is 2.18. The van der Waals surface area contributed by atoms with Crippen LogP contribution in [0.25, 0.3) is 10.2 Å². The van der Waals surface area contributed by atoms with Crippen molar-refractivity contribution in [2.45, 2.75) is 6.92 Å². The number of hydrazone groups is 1. The Kier molecular flexibility index (Phi) is 5.57. The van der Waals surface area contributed by atoms with E-state index in [-0.39, 0.29) is 5.91 Å². The fourth-order valence-electron chi connectivity index (χ4n) is 2.51. The number of nitrogens with two attached hydrogens (primary N) is 1. The first-order chi connectivity index (χ1) is 13.0. The van der Waals surface area contributed by atoms with Crippen LogP contribution >= 0.6 is 27.3 Å². The Balaban J connectivity index is 1.83. The summed E-state index contributed by atoms with van der Waals surface area (Å²) >= 11 is 4.65. The zero-order chi connectivity index (χ0) is 19.6. The number of carbonyl (C=O) groups excluding carboxylic acids is 1. The van der Waals surface area contributed by atoms with Crippen LogP contribution in [0.3, 0.4) is 0 Å². The number of benzene rings is 1. The lowest BCUT2D eigenvalue weighted by molar-refractivity contribution is 0.0958. The molecule has 3 aromatic rings. The van der Waals surface area contributed by atoms with Gasteiger partial charge in [0.05, 0.1) is 35.2 Å². The number of anilines is 1. The molecule has 140 valence electrons. The molecule has 0 fully saturated rings. The number of thiophene rings is 1. The first-order valence-corrected chi connectivity index (χ1v) is 9.31. The van der Waals surface area contributed by atoms with Gasteiger partial charge in [-0.15, -0.1) is 11.3 Å². The molecular formula is C17H16BrN5O3S. The number of hydrogen-bond donors (Lipinski definition) is 2. The minimum absolute atomic E-state index is 0.349. The molecular weight excluding hydrogens is 434 g/mol. The summed E-state index contributed by atoms with van der Waals surface area (Å²) in [6.45, 7) is 1.81. The van der Waals surface area contributed by atoms with Gasteiger partial charge in [0.1, 0.15) is 28.5 Å². The Morgan fingerprint density at radius 3 is 2.70 bits per heavy atom. The van der Waals surface area contributed by atoms with Crippen LogP contribution in [0.1, 0.15) is 20.8 Å². The van der Waals surface area contributed by atoms with Crippen molar-refractivity contribution >= 4 is 55.4 Å². The van der Waals surface area contributed by atoms with Gasteiger partial charge < -0.3 is 15.2 Å². The Morgan fingerprint density at radius 2 is 2.04 bits per heavy atom. The molecule has 0 bridgehead atoms. The number of rotatable bonds is 5. The van der Waals surface area contributed by atoms with E-state index in [1.165, 1.54) is 23.9 Å². The predicted octanol–water partition coefficient (Wildman–Crippen LogP) is 3.13. The van der Waals surface area contributed by atoms with Crippen LogP contribution in [-0.4, -0.2) is 36.3 Å². The lowest BCUT2D eigenvalue weighted by Gasteiger charge is -2.09. The highest BCUT2D eigenvalue weighted by molar-refractivity contribution is 9.10. The number of carbonyl (C=O) groups is 1. The molecule has 0 aliphatic rings. The lowest BCUT2D eigenvalue weighted by atomic mass is 10.2. The van der Waals surface area contributed by atoms with Gasteiger partial charge in [0.15, 0.2) is 0 Å². The normalized spacial score (nSPS) is 11.1. The number of aryl methyl sites for hydroxylation is 1. The van der Waals surface area contributed by atoms with Gasteiger partial charge in [-0.25, -0.2) is 15.4 Å². The van der Waals surface area contributed by atoms with E-state index in [0.29, 0.717) is 38.0 Å². The number of amides is 1. The summed E-state index contributed by atoms with van der Waals surface area (Å²) in [7, 11) is 3.11. The van der Waals surface area contributed by atoms with Crippen molar-refractivity contribution in [1.29, 1.82) is 0 Å². The van der Waals surface area contributed by atoms with E-state index in [1.807, 2.05) is 0 Å². The van der Waals surface area contributed by atoms with Gasteiger partial charge in [-0.1, -0.05) is 0 Å². The van der Waals surface area contributed by atoms with Crippen LogP contribution < -0.4 is 20.6 Å². The van der Waals surface area contributed by atoms with Gasteiger partial charge in [0.2, 0.25) is 0 Å². The van der Waals surface area contributed by atoms with E-state index in [1.54, 1.807) is 33.3 Å². The molecule has 8 nitrogen and oxygen atoms in total. The Labute approximate surface area is 167 Å². The second-order valence-corrected chi connectivity index (χ2v) is 7.28. The minimum atomic E-state index is -0.349. The van der Waals surface area contributed by atoms with Crippen molar-refractivity contribution in [3.05, 3.63) is 38.9 Å². The van der Waals surface area contributed by atoms with E-state index in [4.69, 9.17) is 15.2 Å². The fourth-order valence-corrected chi connectivity index (χ4v) is 4.08. The predicted molar refractivity (Wildman–Crippen MR) is 109 cm³/mol. The highest BCUT2D eigenvalue weighted by atomic mass is 79.9. The first kappa shape index (κ1) is 19.1. The van der Waals surface area contributed by atoms with E-state index in [9.17, 15) is 4.79 Å². The molecule has 10 heteroatoms. The Bertz CT molecular complexity index is 1050. The van der Waals surface area contributed by atoms with Gasteiger partial charge in [0, 0.05) is 11.6 Å². The summed E-state index contributed by atoms with van der Waals surface area (Å²) in [5.74, 6) is 1.20. The molecule has 0 aliphatic carbocycles. The molecule has 2 aromatic heterocycles. The van der Waals surface area contributed by atoms with Gasteiger partial charge in [0.25, 0.3) is 5.91 Å². The maximum Gasteiger partial charge on any atom is 0.281 e. The van der Waals surface area contributed by atoms with E-state index in [0.717, 1.165) is 10.0 Å². The molecule has 0 saturated heterocycles. The third kappa shape index (κ3) is 3.71. The molecule has 1 aromatic carbocycles. The SMILES string of the molecule is COc1cc(OC)c(/C=N\NC(=O)c2sc3ncnc(N)c3c2C)cc1Br. The molecule has 0 saturated carbocycles. The van der Waals surface area contributed by atoms with Gasteiger partial charge in [-0.2, -0.15) is 5.10 Å². The third-order valence-electron chi connectivity index (χ3n) is 3.84. The molecule has 27 heavy (non-hydrogen) atoms. The molecule has 0 aliphatic heterocycles. The highest BCUT2D eigenvalue weighted by Crippen LogP contribution is 2.33. The van der Waals surface area contributed by atoms with Crippen molar-refractivity contribution in [2.75, 3.05) is 20.0 Å². The third-order valence-corrected chi connectivity index (χ3v) is 5.65. The number of nitrogens with zero attached hydrogens (tertiary/aromatic N) is 3. The van der Waals surface area contributed by atoms with Crippen LogP contribution in [0.15, 0.2) is 28.0 Å². The number of fused-ring (bicyclic) bond motifs is 1. The van der Waals surface area contributed by atoms with E-state index in [2.05, 4.69) is 36.4 Å². The largest absolute Gasteiger partial charge is 0.496 e. The van der Waals surface area contributed by atoms with Crippen molar-refractivity contribution in [1.82, 2.24) is 15.4 Å². The summed E-state index contributed by atoms with van der Waals surface area (Å²) in [6.07, 6.45) is 2.87. The van der Waals surface area contributed by atoms with Crippen molar-refractivity contribution in [2.24, 2.45) is 5.10 Å². The maximum absolute atomic E-state index is 12.5. The average molecular weight is 450 g/mol. The quantitative estimate of drug-likeness (QED) is 0.457. The molecule has 1 amide bonds. The smallest absolute Gasteiger partial charge is 0.281 e. The molecule has 0 unspecified atom stereocenters. The van der Waals surface area contributed by atoms with Crippen LogP contribution in [0.2, 0.25) is 0 Å². The zero-order valence-electron chi connectivity index (χ0n) is 14.7.